The van der Waals surface area contributed by atoms with E-state index < -0.39 is 5.82 Å². The van der Waals surface area contributed by atoms with E-state index >= 15 is 0 Å². The van der Waals surface area contributed by atoms with Gasteiger partial charge in [0.05, 0.1) is 24.4 Å². The number of thiazole rings is 1. The number of amides is 1. The average molecular weight is 415 g/mol. The minimum Gasteiger partial charge on any atom is -0.488 e. The summed E-state index contributed by atoms with van der Waals surface area (Å²) >= 11 is 1.42. The second-order valence-electron chi connectivity index (χ2n) is 7.64. The number of rotatable bonds is 7. The molecule has 0 radical (unpaired) electrons. The molecule has 2 aromatic heterocycles. The average Bonchev–Trinajstić information content (AvgIpc) is 3.14. The Bertz CT molecular complexity index is 957. The molecule has 0 aliphatic heterocycles. The number of para-hydroxylation sites is 1. The summed E-state index contributed by atoms with van der Waals surface area (Å²) in [6, 6.07) is 5.93. The third kappa shape index (κ3) is 5.80. The number of hydrogen-bond acceptors (Lipinski definition) is 6. The Morgan fingerprint density at radius 3 is 2.76 bits per heavy atom. The fraction of sp³-hybridized carbons (Fsp3) is 0.333. The van der Waals surface area contributed by atoms with Crippen molar-refractivity contribution in [2.75, 3.05) is 6.61 Å². The van der Waals surface area contributed by atoms with Crippen molar-refractivity contribution < 1.29 is 13.9 Å². The SMILES string of the molecule is CC(C)(C)C(COc1ccccc1F)NC(=O)Cc1csc(-c2cnccn2)n1. The molecule has 2 heterocycles. The third-order valence-corrected chi connectivity index (χ3v) is 5.21. The molecule has 152 valence electrons. The van der Waals surface area contributed by atoms with Crippen molar-refractivity contribution in [1.82, 2.24) is 20.3 Å². The molecule has 3 aromatic rings. The number of hydrogen-bond donors (Lipinski definition) is 1. The van der Waals surface area contributed by atoms with Gasteiger partial charge in [-0.25, -0.2) is 9.37 Å². The van der Waals surface area contributed by atoms with Gasteiger partial charge in [-0.2, -0.15) is 0 Å². The number of halogens is 1. The third-order valence-electron chi connectivity index (χ3n) is 4.30. The highest BCUT2D eigenvalue weighted by Crippen LogP contribution is 2.23. The molecule has 6 nitrogen and oxygen atoms in total. The number of benzene rings is 1. The number of aromatic nitrogens is 3. The van der Waals surface area contributed by atoms with Crippen LogP contribution in [0.5, 0.6) is 5.75 Å². The van der Waals surface area contributed by atoms with Crippen molar-refractivity contribution in [3.63, 3.8) is 0 Å². The highest BCUT2D eigenvalue weighted by atomic mass is 32.1. The van der Waals surface area contributed by atoms with Crippen molar-refractivity contribution in [1.29, 1.82) is 0 Å². The van der Waals surface area contributed by atoms with E-state index in [1.54, 1.807) is 36.8 Å². The summed E-state index contributed by atoms with van der Waals surface area (Å²) in [4.78, 5) is 25.3. The quantitative estimate of drug-likeness (QED) is 0.635. The molecular formula is C21H23FN4O2S. The van der Waals surface area contributed by atoms with E-state index in [9.17, 15) is 9.18 Å². The summed E-state index contributed by atoms with van der Waals surface area (Å²) in [5.74, 6) is -0.423. The summed E-state index contributed by atoms with van der Waals surface area (Å²) in [5.41, 5.74) is 1.07. The predicted octanol–water partition coefficient (Wildman–Crippen LogP) is 3.89. The molecule has 1 N–H and O–H groups in total. The lowest BCUT2D eigenvalue weighted by Crippen LogP contribution is -2.48. The normalized spacial score (nSPS) is 12.4. The van der Waals surface area contributed by atoms with Crippen molar-refractivity contribution in [2.45, 2.75) is 33.2 Å². The molecule has 0 bridgehead atoms. The first-order valence-electron chi connectivity index (χ1n) is 9.20. The van der Waals surface area contributed by atoms with E-state index in [4.69, 9.17) is 4.74 Å². The Morgan fingerprint density at radius 2 is 2.07 bits per heavy atom. The molecule has 1 amide bonds. The zero-order valence-corrected chi connectivity index (χ0v) is 17.4. The highest BCUT2D eigenvalue weighted by Gasteiger charge is 2.27. The zero-order valence-electron chi connectivity index (χ0n) is 16.6. The Balaban J connectivity index is 1.62. The van der Waals surface area contributed by atoms with Gasteiger partial charge < -0.3 is 10.1 Å². The minimum atomic E-state index is -0.425. The Hall–Kier alpha value is -2.87. The van der Waals surface area contributed by atoms with Gasteiger partial charge in [-0.1, -0.05) is 32.9 Å². The molecule has 1 atom stereocenters. The molecule has 3 rings (SSSR count). The van der Waals surface area contributed by atoms with Crippen LogP contribution in [0.4, 0.5) is 4.39 Å². The lowest BCUT2D eigenvalue weighted by Gasteiger charge is -2.31. The van der Waals surface area contributed by atoms with E-state index in [-0.39, 0.29) is 36.1 Å². The number of carbonyl (C=O) groups is 1. The van der Waals surface area contributed by atoms with Gasteiger partial charge in [0.15, 0.2) is 11.6 Å². The first kappa shape index (κ1) is 20.9. The van der Waals surface area contributed by atoms with Crippen LogP contribution in [-0.2, 0) is 11.2 Å². The molecule has 1 unspecified atom stereocenters. The van der Waals surface area contributed by atoms with Crippen molar-refractivity contribution in [2.24, 2.45) is 5.41 Å². The Labute approximate surface area is 173 Å². The van der Waals surface area contributed by atoms with Crippen LogP contribution in [-0.4, -0.2) is 33.5 Å². The smallest absolute Gasteiger partial charge is 0.226 e. The second kappa shape index (κ2) is 9.09. The first-order chi connectivity index (χ1) is 13.8. The highest BCUT2D eigenvalue weighted by molar-refractivity contribution is 7.13. The molecule has 0 fully saturated rings. The zero-order chi connectivity index (χ0) is 20.9. The van der Waals surface area contributed by atoms with Gasteiger partial charge in [-0.3, -0.25) is 14.8 Å². The van der Waals surface area contributed by atoms with E-state index in [1.165, 1.54) is 17.4 Å². The van der Waals surface area contributed by atoms with E-state index in [1.807, 2.05) is 26.2 Å². The van der Waals surface area contributed by atoms with Gasteiger partial charge in [-0.15, -0.1) is 11.3 Å². The van der Waals surface area contributed by atoms with Gasteiger partial charge >= 0.3 is 0 Å². The van der Waals surface area contributed by atoms with Crippen LogP contribution < -0.4 is 10.1 Å². The Kier molecular flexibility index (Phi) is 6.53. The maximum Gasteiger partial charge on any atom is 0.226 e. The molecule has 29 heavy (non-hydrogen) atoms. The van der Waals surface area contributed by atoms with E-state index in [0.717, 1.165) is 5.01 Å². The summed E-state index contributed by atoms with van der Waals surface area (Å²) < 4.78 is 19.4. The van der Waals surface area contributed by atoms with Crippen LogP contribution >= 0.6 is 11.3 Å². The van der Waals surface area contributed by atoms with E-state index in [2.05, 4.69) is 20.3 Å². The Morgan fingerprint density at radius 1 is 1.28 bits per heavy atom. The molecule has 8 heteroatoms. The van der Waals surface area contributed by atoms with Gasteiger partial charge in [0, 0.05) is 17.8 Å². The molecule has 0 saturated carbocycles. The van der Waals surface area contributed by atoms with Crippen LogP contribution in [0, 0.1) is 11.2 Å². The minimum absolute atomic E-state index is 0.142. The fourth-order valence-corrected chi connectivity index (χ4v) is 3.35. The number of ether oxygens (including phenoxy) is 1. The van der Waals surface area contributed by atoms with E-state index in [0.29, 0.717) is 11.4 Å². The predicted molar refractivity (Wildman–Crippen MR) is 110 cm³/mol. The number of carbonyl (C=O) groups excluding carboxylic acids is 1. The van der Waals surface area contributed by atoms with Gasteiger partial charge in [0.2, 0.25) is 5.91 Å². The molecule has 0 aliphatic carbocycles. The van der Waals surface area contributed by atoms with Crippen LogP contribution in [0.2, 0.25) is 0 Å². The van der Waals surface area contributed by atoms with Crippen molar-refractivity contribution >= 4 is 17.2 Å². The van der Waals surface area contributed by atoms with Crippen molar-refractivity contribution in [3.05, 3.63) is 59.7 Å². The maximum absolute atomic E-state index is 13.8. The summed E-state index contributed by atoms with van der Waals surface area (Å²) in [5, 5.41) is 5.55. The fourth-order valence-electron chi connectivity index (χ4n) is 2.57. The summed E-state index contributed by atoms with van der Waals surface area (Å²) in [6.45, 7) is 6.16. The van der Waals surface area contributed by atoms with Crippen molar-refractivity contribution in [3.8, 4) is 16.5 Å². The molecule has 0 spiro atoms. The van der Waals surface area contributed by atoms with Gasteiger partial charge in [0.1, 0.15) is 17.3 Å². The lowest BCUT2D eigenvalue weighted by atomic mass is 9.87. The standard InChI is InChI=1S/C21H23FN4O2S/c1-21(2,3)18(12-28-17-7-5-4-6-15(17)22)26-19(27)10-14-13-29-20(25-14)16-11-23-8-9-24-16/h4-9,11,13,18H,10,12H2,1-3H3,(H,26,27). The largest absolute Gasteiger partial charge is 0.488 e. The first-order valence-corrected chi connectivity index (χ1v) is 10.1. The summed E-state index contributed by atoms with van der Waals surface area (Å²) in [6.07, 6.45) is 4.98. The molecule has 1 aromatic carbocycles. The number of nitrogens with zero attached hydrogens (tertiary/aromatic N) is 3. The van der Waals surface area contributed by atoms with Gasteiger partial charge in [-0.05, 0) is 17.5 Å². The lowest BCUT2D eigenvalue weighted by molar-refractivity contribution is -0.122. The van der Waals surface area contributed by atoms with Crippen LogP contribution in [0.25, 0.3) is 10.7 Å². The van der Waals surface area contributed by atoms with Gasteiger partial charge in [0.25, 0.3) is 0 Å². The number of nitrogens with one attached hydrogen (secondary N) is 1. The van der Waals surface area contributed by atoms with Crippen LogP contribution in [0.1, 0.15) is 26.5 Å². The molecule has 0 saturated heterocycles. The second-order valence-corrected chi connectivity index (χ2v) is 8.50. The molecular weight excluding hydrogens is 391 g/mol. The van der Waals surface area contributed by atoms with Crippen LogP contribution in [0.3, 0.4) is 0 Å². The summed E-state index contributed by atoms with van der Waals surface area (Å²) in [7, 11) is 0. The molecule has 0 aliphatic rings. The topological polar surface area (TPSA) is 77.0 Å². The maximum atomic E-state index is 13.8. The van der Waals surface area contributed by atoms with Crippen LogP contribution in [0.15, 0.2) is 48.2 Å². The monoisotopic (exact) mass is 414 g/mol.